The standard InChI is InChI=1S/C19H25N3O2S2/c1-11-5-6-13-14(8-11)26-18-16(13)17(24)20-19(21-18)25-10-15(23)22-7-3-4-12(2)9-22/h11-12H,3-10H2,1-2H3,(H,20,21,24)/t11-,12-/m0/s1. The fourth-order valence-electron chi connectivity index (χ4n) is 4.03. The average Bonchev–Trinajstić information content (AvgIpc) is 2.97. The number of hydrogen-bond acceptors (Lipinski definition) is 5. The number of nitrogens with zero attached hydrogens (tertiary/aromatic N) is 2. The number of aryl methyl sites for hydroxylation is 1. The van der Waals surface area contributed by atoms with E-state index in [4.69, 9.17) is 0 Å². The van der Waals surface area contributed by atoms with Gasteiger partial charge < -0.3 is 9.88 Å². The van der Waals surface area contributed by atoms with Crippen LogP contribution in [0, 0.1) is 11.8 Å². The highest BCUT2D eigenvalue weighted by molar-refractivity contribution is 7.99. The van der Waals surface area contributed by atoms with Crippen molar-refractivity contribution in [2.24, 2.45) is 11.8 Å². The first-order chi connectivity index (χ1) is 12.5. The summed E-state index contributed by atoms with van der Waals surface area (Å²) >= 11 is 3.00. The first-order valence-electron chi connectivity index (χ1n) is 9.46. The summed E-state index contributed by atoms with van der Waals surface area (Å²) in [5.74, 6) is 1.73. The van der Waals surface area contributed by atoms with Crippen LogP contribution in [0.25, 0.3) is 10.2 Å². The number of thioether (sulfide) groups is 1. The lowest BCUT2D eigenvalue weighted by molar-refractivity contribution is -0.130. The van der Waals surface area contributed by atoms with Gasteiger partial charge in [0, 0.05) is 18.0 Å². The zero-order valence-corrected chi connectivity index (χ0v) is 17.0. The van der Waals surface area contributed by atoms with E-state index >= 15 is 0 Å². The molecule has 4 rings (SSSR count). The van der Waals surface area contributed by atoms with Gasteiger partial charge in [-0.15, -0.1) is 11.3 Å². The van der Waals surface area contributed by atoms with E-state index in [2.05, 4.69) is 23.8 Å². The number of likely N-dealkylation sites (tertiary alicyclic amines) is 1. The van der Waals surface area contributed by atoms with E-state index in [9.17, 15) is 9.59 Å². The molecule has 0 bridgehead atoms. The number of H-pyrrole nitrogens is 1. The van der Waals surface area contributed by atoms with Gasteiger partial charge in [-0.2, -0.15) is 0 Å². The monoisotopic (exact) mass is 391 g/mol. The van der Waals surface area contributed by atoms with Gasteiger partial charge in [0.15, 0.2) is 5.16 Å². The Balaban J connectivity index is 1.51. The second kappa shape index (κ2) is 7.35. The van der Waals surface area contributed by atoms with E-state index in [1.54, 1.807) is 11.3 Å². The Kier molecular flexibility index (Phi) is 5.10. The molecule has 1 fully saturated rings. The molecule has 0 radical (unpaired) electrons. The number of piperidine rings is 1. The molecular formula is C19H25N3O2S2. The number of aromatic nitrogens is 2. The number of rotatable bonds is 3. The third-order valence-electron chi connectivity index (χ3n) is 5.49. The Morgan fingerprint density at radius 3 is 3.00 bits per heavy atom. The lowest BCUT2D eigenvalue weighted by atomic mass is 9.89. The number of fused-ring (bicyclic) bond motifs is 3. The second-order valence-corrected chi connectivity index (χ2v) is 9.83. The highest BCUT2D eigenvalue weighted by Gasteiger charge is 2.24. The molecule has 0 aromatic carbocycles. The van der Waals surface area contributed by atoms with Crippen LogP contribution >= 0.6 is 23.1 Å². The fourth-order valence-corrected chi connectivity index (χ4v) is 6.24. The van der Waals surface area contributed by atoms with Crippen LogP contribution in [0.1, 0.15) is 43.6 Å². The molecule has 26 heavy (non-hydrogen) atoms. The van der Waals surface area contributed by atoms with Crippen molar-refractivity contribution in [1.29, 1.82) is 0 Å². The zero-order valence-electron chi connectivity index (χ0n) is 15.3. The summed E-state index contributed by atoms with van der Waals surface area (Å²) in [6.07, 6.45) is 5.43. The maximum absolute atomic E-state index is 12.6. The van der Waals surface area contributed by atoms with Crippen molar-refractivity contribution in [3.8, 4) is 0 Å². The lowest BCUT2D eigenvalue weighted by Gasteiger charge is -2.30. The number of carbonyl (C=O) groups is 1. The van der Waals surface area contributed by atoms with Crippen LogP contribution < -0.4 is 5.56 Å². The minimum absolute atomic E-state index is 0.0522. The van der Waals surface area contributed by atoms with E-state index in [-0.39, 0.29) is 11.5 Å². The van der Waals surface area contributed by atoms with Crippen molar-refractivity contribution in [1.82, 2.24) is 14.9 Å². The number of aromatic amines is 1. The van der Waals surface area contributed by atoms with Gasteiger partial charge in [-0.25, -0.2) is 4.98 Å². The number of nitrogens with one attached hydrogen (secondary N) is 1. The van der Waals surface area contributed by atoms with Crippen molar-refractivity contribution >= 4 is 39.2 Å². The zero-order chi connectivity index (χ0) is 18.3. The van der Waals surface area contributed by atoms with Crippen molar-refractivity contribution in [2.75, 3.05) is 18.8 Å². The van der Waals surface area contributed by atoms with Crippen LogP contribution in [0.4, 0.5) is 0 Å². The molecule has 1 N–H and O–H groups in total. The largest absolute Gasteiger partial charge is 0.342 e. The van der Waals surface area contributed by atoms with Crippen molar-refractivity contribution in [3.05, 3.63) is 20.8 Å². The third-order valence-corrected chi connectivity index (χ3v) is 7.49. The van der Waals surface area contributed by atoms with Crippen molar-refractivity contribution < 1.29 is 4.79 Å². The Morgan fingerprint density at radius 2 is 2.19 bits per heavy atom. The predicted molar refractivity (Wildman–Crippen MR) is 107 cm³/mol. The molecule has 2 atom stereocenters. The molecule has 3 heterocycles. The molecule has 1 aliphatic heterocycles. The van der Waals surface area contributed by atoms with Gasteiger partial charge in [0.2, 0.25) is 5.91 Å². The predicted octanol–water partition coefficient (Wildman–Crippen LogP) is 3.46. The first-order valence-corrected chi connectivity index (χ1v) is 11.3. The molecule has 2 aromatic rings. The molecule has 1 amide bonds. The molecule has 0 saturated carbocycles. The molecule has 5 nitrogen and oxygen atoms in total. The molecule has 0 spiro atoms. The van der Waals surface area contributed by atoms with Gasteiger partial charge in [-0.3, -0.25) is 9.59 Å². The third kappa shape index (κ3) is 3.56. The van der Waals surface area contributed by atoms with Gasteiger partial charge in [-0.1, -0.05) is 25.6 Å². The second-order valence-electron chi connectivity index (χ2n) is 7.78. The summed E-state index contributed by atoms with van der Waals surface area (Å²) in [6.45, 7) is 6.15. The fraction of sp³-hybridized carbons (Fsp3) is 0.632. The SMILES string of the molecule is C[C@H]1CCc2c(sc3nc(SCC(=O)N4CCC[C@H](C)C4)[nH]c(=O)c23)C1. The van der Waals surface area contributed by atoms with E-state index in [1.807, 2.05) is 4.90 Å². The molecule has 2 aromatic heterocycles. The summed E-state index contributed by atoms with van der Waals surface area (Å²) in [5.41, 5.74) is 1.15. The Labute approximate surface area is 161 Å². The van der Waals surface area contributed by atoms with E-state index in [0.717, 1.165) is 49.0 Å². The molecular weight excluding hydrogens is 366 g/mol. The molecule has 1 saturated heterocycles. The number of carbonyl (C=O) groups excluding carboxylic acids is 1. The summed E-state index contributed by atoms with van der Waals surface area (Å²) in [5, 5.41) is 1.34. The lowest BCUT2D eigenvalue weighted by Crippen LogP contribution is -2.40. The number of thiophene rings is 1. The summed E-state index contributed by atoms with van der Waals surface area (Å²) in [6, 6.07) is 0. The van der Waals surface area contributed by atoms with Crippen LogP contribution in [0.15, 0.2) is 9.95 Å². The minimum Gasteiger partial charge on any atom is -0.342 e. The maximum atomic E-state index is 12.6. The molecule has 2 aliphatic rings. The minimum atomic E-state index is -0.0522. The highest BCUT2D eigenvalue weighted by atomic mass is 32.2. The number of amides is 1. The highest BCUT2D eigenvalue weighted by Crippen LogP contribution is 2.36. The molecule has 0 unspecified atom stereocenters. The van der Waals surface area contributed by atoms with E-state index in [1.165, 1.54) is 28.6 Å². The van der Waals surface area contributed by atoms with Crippen LogP contribution in [-0.2, 0) is 17.6 Å². The van der Waals surface area contributed by atoms with Gasteiger partial charge in [0.05, 0.1) is 11.1 Å². The van der Waals surface area contributed by atoms with Gasteiger partial charge in [-0.05, 0) is 49.5 Å². The average molecular weight is 392 g/mol. The number of hydrogen-bond donors (Lipinski definition) is 1. The van der Waals surface area contributed by atoms with E-state index in [0.29, 0.717) is 22.7 Å². The van der Waals surface area contributed by atoms with Crippen molar-refractivity contribution in [3.63, 3.8) is 0 Å². The van der Waals surface area contributed by atoms with Crippen LogP contribution in [-0.4, -0.2) is 39.6 Å². The molecule has 1 aliphatic carbocycles. The van der Waals surface area contributed by atoms with Gasteiger partial charge in [0.25, 0.3) is 5.56 Å². The Morgan fingerprint density at radius 1 is 1.35 bits per heavy atom. The first kappa shape index (κ1) is 18.0. The van der Waals surface area contributed by atoms with Crippen molar-refractivity contribution in [2.45, 2.75) is 51.1 Å². The Hall–Kier alpha value is -1.34. The molecule has 7 heteroatoms. The topological polar surface area (TPSA) is 66.1 Å². The quantitative estimate of drug-likeness (QED) is 0.643. The van der Waals surface area contributed by atoms with Gasteiger partial charge >= 0.3 is 0 Å². The summed E-state index contributed by atoms with van der Waals surface area (Å²) in [4.78, 5) is 36.7. The normalized spacial score (nSPS) is 23.2. The summed E-state index contributed by atoms with van der Waals surface area (Å²) < 4.78 is 0. The summed E-state index contributed by atoms with van der Waals surface area (Å²) in [7, 11) is 0. The van der Waals surface area contributed by atoms with Crippen LogP contribution in [0.3, 0.4) is 0 Å². The smallest absolute Gasteiger partial charge is 0.260 e. The van der Waals surface area contributed by atoms with Crippen LogP contribution in [0.2, 0.25) is 0 Å². The maximum Gasteiger partial charge on any atom is 0.260 e. The molecule has 140 valence electrons. The van der Waals surface area contributed by atoms with E-state index < -0.39 is 0 Å². The van der Waals surface area contributed by atoms with Gasteiger partial charge in [0.1, 0.15) is 4.83 Å². The Bertz CT molecular complexity index is 889. The van der Waals surface area contributed by atoms with Crippen LogP contribution in [0.5, 0.6) is 0 Å².